The highest BCUT2D eigenvalue weighted by atomic mass is 32.1. The van der Waals surface area contributed by atoms with Crippen LogP contribution in [0.5, 0.6) is 0 Å². The Morgan fingerprint density at radius 1 is 1.08 bits per heavy atom. The van der Waals surface area contributed by atoms with Crippen LogP contribution < -0.4 is 4.87 Å². The number of thiazole rings is 1. The minimum atomic E-state index is -0.298. The lowest BCUT2D eigenvalue weighted by molar-refractivity contribution is 0.628. The number of pyridine rings is 1. The molecule has 1 N–H and O–H groups in total. The van der Waals surface area contributed by atoms with Crippen molar-refractivity contribution in [3.63, 3.8) is 0 Å². The standard InChI is InChI=1S/C19H11FN4OS/c20-12-5-3-11(4-6-12)17-22-15-2-1-9-21-18(15)24(17)13-7-8-14-16(10-13)26-19(25)23-14/h1-10H,(H,23,25). The van der Waals surface area contributed by atoms with E-state index >= 15 is 0 Å². The molecular formula is C19H11FN4OS. The third-order valence-corrected chi connectivity index (χ3v) is 5.03. The lowest BCUT2D eigenvalue weighted by Crippen LogP contribution is -1.98. The molecule has 0 radical (unpaired) electrons. The summed E-state index contributed by atoms with van der Waals surface area (Å²) in [5, 5.41) is 0. The Kier molecular flexibility index (Phi) is 3.23. The van der Waals surface area contributed by atoms with Gasteiger partial charge in [0.2, 0.25) is 0 Å². The highest BCUT2D eigenvalue weighted by Gasteiger charge is 2.16. The average molecular weight is 362 g/mol. The summed E-state index contributed by atoms with van der Waals surface area (Å²) in [5.74, 6) is 0.369. The van der Waals surface area contributed by atoms with Crippen LogP contribution in [0.2, 0.25) is 0 Å². The van der Waals surface area contributed by atoms with E-state index in [4.69, 9.17) is 0 Å². The van der Waals surface area contributed by atoms with Gasteiger partial charge in [-0.05, 0) is 54.6 Å². The molecule has 0 saturated heterocycles. The number of hydrogen-bond acceptors (Lipinski definition) is 4. The van der Waals surface area contributed by atoms with E-state index in [2.05, 4.69) is 15.0 Å². The maximum Gasteiger partial charge on any atom is 0.305 e. The van der Waals surface area contributed by atoms with Crippen LogP contribution in [0.25, 0.3) is 38.5 Å². The maximum atomic E-state index is 13.3. The molecule has 0 amide bonds. The number of nitrogens with one attached hydrogen (secondary N) is 1. The van der Waals surface area contributed by atoms with Gasteiger partial charge in [0, 0.05) is 11.8 Å². The van der Waals surface area contributed by atoms with Crippen molar-refractivity contribution in [2.24, 2.45) is 0 Å². The zero-order chi connectivity index (χ0) is 17.7. The summed E-state index contributed by atoms with van der Waals surface area (Å²) in [5.41, 5.74) is 3.87. The summed E-state index contributed by atoms with van der Waals surface area (Å²) in [7, 11) is 0. The Labute approximate surface area is 150 Å². The van der Waals surface area contributed by atoms with Gasteiger partial charge in [-0.15, -0.1) is 0 Å². The third-order valence-electron chi connectivity index (χ3n) is 4.18. The van der Waals surface area contributed by atoms with E-state index < -0.39 is 0 Å². The number of aromatic nitrogens is 4. The van der Waals surface area contributed by atoms with E-state index in [0.717, 1.165) is 38.3 Å². The van der Waals surface area contributed by atoms with Crippen LogP contribution in [0.15, 0.2) is 65.6 Å². The lowest BCUT2D eigenvalue weighted by Gasteiger charge is -2.09. The number of H-pyrrole nitrogens is 1. The zero-order valence-corrected chi connectivity index (χ0v) is 14.1. The first-order chi connectivity index (χ1) is 12.7. The minimum absolute atomic E-state index is 0.0930. The van der Waals surface area contributed by atoms with Crippen LogP contribution in [0.4, 0.5) is 4.39 Å². The van der Waals surface area contributed by atoms with E-state index in [1.165, 1.54) is 12.1 Å². The van der Waals surface area contributed by atoms with Crippen molar-refractivity contribution in [3.8, 4) is 17.1 Å². The summed E-state index contributed by atoms with van der Waals surface area (Å²) in [4.78, 5) is 23.5. The van der Waals surface area contributed by atoms with Gasteiger partial charge in [-0.25, -0.2) is 14.4 Å². The molecule has 7 heteroatoms. The van der Waals surface area contributed by atoms with Gasteiger partial charge in [-0.1, -0.05) is 11.3 Å². The number of halogens is 1. The Morgan fingerprint density at radius 3 is 2.77 bits per heavy atom. The summed E-state index contributed by atoms with van der Waals surface area (Å²) in [6.07, 6.45) is 1.71. The summed E-state index contributed by atoms with van der Waals surface area (Å²) in [6.45, 7) is 0. The average Bonchev–Trinajstić information content (AvgIpc) is 3.21. The molecular weight excluding hydrogens is 351 g/mol. The third kappa shape index (κ3) is 2.33. The summed E-state index contributed by atoms with van der Waals surface area (Å²) >= 11 is 1.16. The first-order valence-electron chi connectivity index (χ1n) is 7.92. The molecule has 0 spiro atoms. The second-order valence-corrected chi connectivity index (χ2v) is 6.83. The second-order valence-electron chi connectivity index (χ2n) is 5.82. The molecule has 26 heavy (non-hydrogen) atoms. The van der Waals surface area contributed by atoms with Gasteiger partial charge in [0.15, 0.2) is 5.65 Å². The normalized spacial score (nSPS) is 11.4. The number of imidazole rings is 1. The molecule has 3 heterocycles. The Morgan fingerprint density at radius 2 is 1.92 bits per heavy atom. The van der Waals surface area contributed by atoms with E-state index in [1.54, 1.807) is 18.3 Å². The van der Waals surface area contributed by atoms with Crippen molar-refractivity contribution in [3.05, 3.63) is 76.3 Å². The van der Waals surface area contributed by atoms with Gasteiger partial charge >= 0.3 is 4.87 Å². The fourth-order valence-electron chi connectivity index (χ4n) is 3.02. The molecule has 0 atom stereocenters. The van der Waals surface area contributed by atoms with Gasteiger partial charge in [-0.2, -0.15) is 0 Å². The van der Waals surface area contributed by atoms with Crippen LogP contribution in [0.3, 0.4) is 0 Å². The number of nitrogens with zero attached hydrogens (tertiary/aromatic N) is 3. The van der Waals surface area contributed by atoms with Crippen molar-refractivity contribution in [1.29, 1.82) is 0 Å². The summed E-state index contributed by atoms with van der Waals surface area (Å²) < 4.78 is 16.1. The van der Waals surface area contributed by atoms with E-state index in [9.17, 15) is 9.18 Å². The van der Waals surface area contributed by atoms with E-state index in [0.29, 0.717) is 11.5 Å². The number of benzene rings is 2. The van der Waals surface area contributed by atoms with Gasteiger partial charge < -0.3 is 4.98 Å². The topological polar surface area (TPSA) is 63.6 Å². The molecule has 0 bridgehead atoms. The predicted octanol–water partition coefficient (Wildman–Crippen LogP) is 4.13. The zero-order valence-electron chi connectivity index (χ0n) is 13.3. The molecule has 0 aliphatic carbocycles. The van der Waals surface area contributed by atoms with Crippen LogP contribution in [0, 0.1) is 5.82 Å². The van der Waals surface area contributed by atoms with Crippen molar-refractivity contribution in [1.82, 2.24) is 19.5 Å². The number of fused-ring (bicyclic) bond motifs is 2. The highest BCUT2D eigenvalue weighted by molar-refractivity contribution is 7.16. The van der Waals surface area contributed by atoms with Crippen molar-refractivity contribution >= 4 is 32.7 Å². The Balaban J connectivity index is 1.83. The minimum Gasteiger partial charge on any atom is -0.312 e. The van der Waals surface area contributed by atoms with Crippen molar-refractivity contribution in [2.45, 2.75) is 0 Å². The van der Waals surface area contributed by atoms with Crippen molar-refractivity contribution in [2.75, 3.05) is 0 Å². The quantitative estimate of drug-likeness (QED) is 0.514. The highest BCUT2D eigenvalue weighted by Crippen LogP contribution is 2.29. The molecule has 5 aromatic rings. The van der Waals surface area contributed by atoms with Crippen LogP contribution in [-0.4, -0.2) is 19.5 Å². The SMILES string of the molecule is O=c1[nH]c2ccc(-n3c(-c4ccc(F)cc4)nc4cccnc43)cc2s1. The van der Waals surface area contributed by atoms with E-state index in [-0.39, 0.29) is 10.7 Å². The maximum absolute atomic E-state index is 13.3. The second kappa shape index (κ2) is 5.60. The summed E-state index contributed by atoms with van der Waals surface area (Å²) in [6, 6.07) is 15.6. The molecule has 0 fully saturated rings. The van der Waals surface area contributed by atoms with Gasteiger partial charge in [0.25, 0.3) is 0 Å². The molecule has 126 valence electrons. The molecule has 3 aromatic heterocycles. The lowest BCUT2D eigenvalue weighted by atomic mass is 10.2. The molecule has 5 nitrogen and oxygen atoms in total. The molecule has 2 aromatic carbocycles. The van der Waals surface area contributed by atoms with Crippen LogP contribution in [-0.2, 0) is 0 Å². The van der Waals surface area contributed by atoms with Crippen LogP contribution in [0.1, 0.15) is 0 Å². The van der Waals surface area contributed by atoms with E-state index in [1.807, 2.05) is 34.9 Å². The van der Waals surface area contributed by atoms with Gasteiger partial charge in [0.05, 0.1) is 15.9 Å². The monoisotopic (exact) mass is 362 g/mol. The Bertz CT molecular complexity index is 1320. The Hall–Kier alpha value is -3.32. The van der Waals surface area contributed by atoms with Crippen LogP contribution >= 0.6 is 11.3 Å². The number of rotatable bonds is 2. The molecule has 0 aliphatic rings. The van der Waals surface area contributed by atoms with Gasteiger partial charge in [0.1, 0.15) is 17.2 Å². The first-order valence-corrected chi connectivity index (χ1v) is 8.73. The number of hydrogen-bond donors (Lipinski definition) is 1. The van der Waals surface area contributed by atoms with Gasteiger partial charge in [-0.3, -0.25) is 9.36 Å². The smallest absolute Gasteiger partial charge is 0.305 e. The largest absolute Gasteiger partial charge is 0.312 e. The molecule has 0 saturated carbocycles. The number of aromatic amines is 1. The fraction of sp³-hybridized carbons (Fsp3) is 0. The fourth-order valence-corrected chi connectivity index (χ4v) is 3.79. The molecule has 0 aliphatic heterocycles. The molecule has 0 unspecified atom stereocenters. The molecule has 5 rings (SSSR count). The van der Waals surface area contributed by atoms with Crippen molar-refractivity contribution < 1.29 is 4.39 Å². The predicted molar refractivity (Wildman–Crippen MR) is 100 cm³/mol. The first kappa shape index (κ1) is 15.0.